The standard InChI is InChI=1S/C21H22ClN5O3/c1-10-9-12-16(26-20(21(3)7-8-21)27(4)18(12)28)15(23-10)11(2)24-13-5-6-14(22)25-17(13)19(29)30/h5-6,9,11,24H,7-8H2,1-4H3,(H,29,30)/t11-/m1/s1. The molecule has 1 atom stereocenters. The van der Waals surface area contributed by atoms with Crippen LogP contribution in [0.15, 0.2) is 23.0 Å². The van der Waals surface area contributed by atoms with Crippen molar-refractivity contribution in [1.29, 1.82) is 0 Å². The summed E-state index contributed by atoms with van der Waals surface area (Å²) in [6.07, 6.45) is 1.97. The maximum atomic E-state index is 13.1. The maximum absolute atomic E-state index is 13.1. The molecule has 8 nitrogen and oxygen atoms in total. The topological polar surface area (TPSA) is 110 Å². The molecule has 156 valence electrons. The zero-order valence-electron chi connectivity index (χ0n) is 17.2. The van der Waals surface area contributed by atoms with Crippen LogP contribution in [-0.4, -0.2) is 30.6 Å². The summed E-state index contributed by atoms with van der Waals surface area (Å²) in [4.78, 5) is 38.0. The van der Waals surface area contributed by atoms with Gasteiger partial charge >= 0.3 is 5.97 Å². The molecule has 2 N–H and O–H groups in total. The molecule has 3 heterocycles. The van der Waals surface area contributed by atoms with E-state index in [1.807, 2.05) is 13.8 Å². The summed E-state index contributed by atoms with van der Waals surface area (Å²) in [7, 11) is 1.75. The Kier molecular flexibility index (Phi) is 4.77. The Morgan fingerprint density at radius 2 is 2.00 bits per heavy atom. The molecule has 4 rings (SSSR count). The number of carboxylic acids is 1. The van der Waals surface area contributed by atoms with Gasteiger partial charge in [0.2, 0.25) is 0 Å². The van der Waals surface area contributed by atoms with Gasteiger partial charge in [-0.1, -0.05) is 18.5 Å². The van der Waals surface area contributed by atoms with E-state index in [0.29, 0.717) is 28.0 Å². The Balaban J connectivity index is 1.86. The first kappa shape index (κ1) is 20.3. The van der Waals surface area contributed by atoms with Crippen LogP contribution < -0.4 is 10.9 Å². The van der Waals surface area contributed by atoms with Gasteiger partial charge < -0.3 is 10.4 Å². The number of carboxylic acid groups (broad SMARTS) is 1. The Morgan fingerprint density at radius 1 is 1.30 bits per heavy atom. The lowest BCUT2D eigenvalue weighted by atomic mass is 10.1. The molecule has 0 amide bonds. The van der Waals surface area contributed by atoms with Crippen molar-refractivity contribution in [2.45, 2.75) is 45.1 Å². The van der Waals surface area contributed by atoms with Gasteiger partial charge in [0.05, 0.1) is 22.8 Å². The molecule has 0 saturated heterocycles. The quantitative estimate of drug-likeness (QED) is 0.598. The molecule has 9 heteroatoms. The highest BCUT2D eigenvalue weighted by Gasteiger charge is 2.43. The number of fused-ring (bicyclic) bond motifs is 1. The number of hydrogen-bond acceptors (Lipinski definition) is 6. The second-order valence-electron chi connectivity index (χ2n) is 8.11. The Bertz CT molecular complexity index is 1250. The van der Waals surface area contributed by atoms with E-state index in [1.54, 1.807) is 23.7 Å². The van der Waals surface area contributed by atoms with Gasteiger partial charge in [-0.15, -0.1) is 0 Å². The minimum Gasteiger partial charge on any atom is -0.476 e. The molecule has 0 unspecified atom stereocenters. The highest BCUT2D eigenvalue weighted by atomic mass is 35.5. The van der Waals surface area contributed by atoms with Gasteiger partial charge in [-0.05, 0) is 44.9 Å². The smallest absolute Gasteiger partial charge is 0.356 e. The monoisotopic (exact) mass is 427 g/mol. The van der Waals surface area contributed by atoms with Crippen LogP contribution in [-0.2, 0) is 12.5 Å². The summed E-state index contributed by atoms with van der Waals surface area (Å²) < 4.78 is 1.63. The fraction of sp³-hybridized carbons (Fsp3) is 0.381. The molecular weight excluding hydrogens is 406 g/mol. The Hall–Kier alpha value is -3.00. The molecule has 1 fully saturated rings. The minimum atomic E-state index is -1.19. The fourth-order valence-electron chi connectivity index (χ4n) is 3.70. The SMILES string of the molecule is Cc1cc2c(=O)n(C)c(C3(C)CC3)nc2c([C@@H](C)Nc2ccc(Cl)nc2C(=O)O)n1. The number of anilines is 1. The molecule has 0 bridgehead atoms. The number of hydrogen-bond donors (Lipinski definition) is 2. The number of carbonyl (C=O) groups is 1. The fourth-order valence-corrected chi connectivity index (χ4v) is 3.85. The zero-order chi connectivity index (χ0) is 21.8. The van der Waals surface area contributed by atoms with Crippen molar-refractivity contribution in [3.63, 3.8) is 0 Å². The molecule has 3 aromatic heterocycles. The van der Waals surface area contributed by atoms with Gasteiger partial charge in [0.15, 0.2) is 5.69 Å². The maximum Gasteiger partial charge on any atom is 0.356 e. The van der Waals surface area contributed by atoms with Crippen LogP contribution in [0.3, 0.4) is 0 Å². The van der Waals surface area contributed by atoms with E-state index in [9.17, 15) is 14.7 Å². The number of nitrogens with zero attached hydrogens (tertiary/aromatic N) is 4. The highest BCUT2D eigenvalue weighted by Crippen LogP contribution is 2.46. The third-order valence-corrected chi connectivity index (χ3v) is 5.81. The lowest BCUT2D eigenvalue weighted by molar-refractivity contribution is 0.0691. The predicted octanol–water partition coefficient (Wildman–Crippen LogP) is 3.61. The molecule has 30 heavy (non-hydrogen) atoms. The summed E-state index contributed by atoms with van der Waals surface area (Å²) in [6, 6.07) is 4.40. The largest absolute Gasteiger partial charge is 0.476 e. The first-order chi connectivity index (χ1) is 14.1. The summed E-state index contributed by atoms with van der Waals surface area (Å²) in [5.41, 5.74) is 1.72. The number of nitrogens with one attached hydrogen (secondary N) is 1. The third-order valence-electron chi connectivity index (χ3n) is 5.60. The van der Waals surface area contributed by atoms with Crippen LogP contribution in [0.4, 0.5) is 5.69 Å². The molecule has 1 aliphatic carbocycles. The van der Waals surface area contributed by atoms with E-state index in [2.05, 4.69) is 22.2 Å². The van der Waals surface area contributed by atoms with Crippen LogP contribution in [0.5, 0.6) is 0 Å². The molecule has 0 radical (unpaired) electrons. The van der Waals surface area contributed by atoms with Crippen LogP contribution in [0.25, 0.3) is 10.9 Å². The summed E-state index contributed by atoms with van der Waals surface area (Å²) >= 11 is 5.85. The zero-order valence-corrected chi connectivity index (χ0v) is 17.9. The van der Waals surface area contributed by atoms with Gasteiger partial charge in [0.1, 0.15) is 16.5 Å². The van der Waals surface area contributed by atoms with E-state index in [1.165, 1.54) is 6.07 Å². The predicted molar refractivity (Wildman–Crippen MR) is 114 cm³/mol. The third kappa shape index (κ3) is 3.41. The lowest BCUT2D eigenvalue weighted by Crippen LogP contribution is -2.27. The van der Waals surface area contributed by atoms with Crippen LogP contribution in [0, 0.1) is 6.92 Å². The first-order valence-corrected chi connectivity index (χ1v) is 10.0. The number of aromatic carboxylic acids is 1. The molecule has 0 aliphatic heterocycles. The van der Waals surface area contributed by atoms with E-state index in [-0.39, 0.29) is 21.8 Å². The van der Waals surface area contributed by atoms with E-state index in [0.717, 1.165) is 18.7 Å². The normalized spacial score (nSPS) is 15.8. The number of aromatic nitrogens is 4. The van der Waals surface area contributed by atoms with Crippen molar-refractivity contribution in [1.82, 2.24) is 19.5 Å². The Morgan fingerprint density at radius 3 is 2.63 bits per heavy atom. The number of rotatable bonds is 5. The van der Waals surface area contributed by atoms with Crippen LogP contribution >= 0.6 is 11.6 Å². The molecule has 1 saturated carbocycles. The molecular formula is C21H22ClN5O3. The van der Waals surface area contributed by atoms with Crippen molar-refractivity contribution in [3.05, 3.63) is 56.6 Å². The molecule has 3 aromatic rings. The van der Waals surface area contributed by atoms with Gasteiger partial charge in [-0.2, -0.15) is 0 Å². The lowest BCUT2D eigenvalue weighted by Gasteiger charge is -2.20. The first-order valence-electron chi connectivity index (χ1n) is 9.66. The van der Waals surface area contributed by atoms with Gasteiger partial charge in [-0.3, -0.25) is 14.3 Å². The number of aryl methyl sites for hydroxylation is 1. The van der Waals surface area contributed by atoms with Crippen molar-refractivity contribution in [2.24, 2.45) is 7.05 Å². The number of halogens is 1. The molecule has 0 aromatic carbocycles. The van der Waals surface area contributed by atoms with Crippen LogP contribution in [0.1, 0.15) is 60.4 Å². The average molecular weight is 428 g/mol. The average Bonchev–Trinajstić information content (AvgIpc) is 3.43. The summed E-state index contributed by atoms with van der Waals surface area (Å²) in [5, 5.41) is 13.2. The van der Waals surface area contributed by atoms with Gasteiger partial charge in [0, 0.05) is 18.2 Å². The molecule has 0 spiro atoms. The summed E-state index contributed by atoms with van der Waals surface area (Å²) in [5.74, 6) is -0.441. The van der Waals surface area contributed by atoms with Gasteiger partial charge in [0.25, 0.3) is 5.56 Å². The number of pyridine rings is 2. The van der Waals surface area contributed by atoms with Crippen molar-refractivity contribution < 1.29 is 9.90 Å². The second kappa shape index (κ2) is 7.05. The van der Waals surface area contributed by atoms with E-state index in [4.69, 9.17) is 16.6 Å². The minimum absolute atomic E-state index is 0.0946. The van der Waals surface area contributed by atoms with Crippen molar-refractivity contribution in [2.75, 3.05) is 5.32 Å². The van der Waals surface area contributed by atoms with E-state index < -0.39 is 12.0 Å². The highest BCUT2D eigenvalue weighted by molar-refractivity contribution is 6.29. The van der Waals surface area contributed by atoms with Crippen LogP contribution in [0.2, 0.25) is 5.15 Å². The van der Waals surface area contributed by atoms with Crippen molar-refractivity contribution in [3.8, 4) is 0 Å². The molecule has 1 aliphatic rings. The summed E-state index contributed by atoms with van der Waals surface area (Å²) in [6.45, 7) is 5.76. The second-order valence-corrected chi connectivity index (χ2v) is 8.49. The van der Waals surface area contributed by atoms with E-state index >= 15 is 0 Å². The van der Waals surface area contributed by atoms with Gasteiger partial charge in [-0.25, -0.2) is 14.8 Å². The Labute approximate surface area is 178 Å². The van der Waals surface area contributed by atoms with Crippen molar-refractivity contribution >= 4 is 34.2 Å².